The summed E-state index contributed by atoms with van der Waals surface area (Å²) < 4.78 is 46.0. The summed E-state index contributed by atoms with van der Waals surface area (Å²) in [6.07, 6.45) is -4.10. The summed E-state index contributed by atoms with van der Waals surface area (Å²) >= 11 is 4.79. The van der Waals surface area contributed by atoms with Crippen LogP contribution in [0.4, 0.5) is 13.2 Å². The molecule has 3 nitrogen and oxygen atoms in total. The molecule has 3 N–H and O–H groups in total. The van der Waals surface area contributed by atoms with Gasteiger partial charge < -0.3 is 15.6 Å². The van der Waals surface area contributed by atoms with Crippen LogP contribution in [0, 0.1) is 0 Å². The summed E-state index contributed by atoms with van der Waals surface area (Å²) in [5, 5.41) is 11.5. The average molecular weight is 536 g/mol. The number of thiophene rings is 1. The monoisotopic (exact) mass is 535 g/mol. The fourth-order valence-corrected chi connectivity index (χ4v) is 4.40. The van der Waals surface area contributed by atoms with Gasteiger partial charge in [0.1, 0.15) is 12.4 Å². The van der Waals surface area contributed by atoms with Crippen molar-refractivity contribution in [1.82, 2.24) is 0 Å². The first-order valence-electron chi connectivity index (χ1n) is 9.79. The Kier molecular flexibility index (Phi) is 8.18. The molecule has 0 saturated carbocycles. The van der Waals surface area contributed by atoms with Crippen LogP contribution in [0.25, 0.3) is 16.7 Å². The number of aliphatic hydroxyl groups excluding tert-OH is 1. The Bertz CT molecular complexity index is 1170. The highest BCUT2D eigenvalue weighted by Crippen LogP contribution is 2.41. The number of hydrogen-bond acceptors (Lipinski definition) is 4. The summed E-state index contributed by atoms with van der Waals surface area (Å²) in [4.78, 5) is 0.633. The molecule has 1 heterocycles. The summed E-state index contributed by atoms with van der Waals surface area (Å²) in [7, 11) is 0. The molecular weight excluding hydrogens is 515 g/mol. The minimum absolute atomic E-state index is 0.326. The van der Waals surface area contributed by atoms with Crippen molar-refractivity contribution in [2.75, 3.05) is 0 Å². The minimum atomic E-state index is -4.82. The molecule has 0 amide bonds. The molecule has 2 aromatic carbocycles. The molecule has 172 valence electrons. The van der Waals surface area contributed by atoms with E-state index in [2.05, 4.69) is 22.5 Å². The predicted molar refractivity (Wildman–Crippen MR) is 131 cm³/mol. The van der Waals surface area contributed by atoms with E-state index >= 15 is 0 Å². The van der Waals surface area contributed by atoms with Gasteiger partial charge >= 0.3 is 6.18 Å². The van der Waals surface area contributed by atoms with Crippen LogP contribution in [0.1, 0.15) is 10.4 Å². The highest BCUT2D eigenvalue weighted by molar-refractivity contribution is 9.10. The Hall–Kier alpha value is -2.81. The van der Waals surface area contributed by atoms with Gasteiger partial charge in [-0.15, -0.1) is 11.3 Å². The second-order valence-corrected chi connectivity index (χ2v) is 8.82. The lowest BCUT2D eigenvalue weighted by molar-refractivity contribution is -0.190. The lowest BCUT2D eigenvalue weighted by Crippen LogP contribution is -2.29. The SMILES string of the molecule is C=CC(=CC(=CN)c1sccc1-c1cc(Br)ccc1OCc1ccccc1)C(O)C(F)(F)F. The maximum Gasteiger partial charge on any atom is 0.418 e. The van der Waals surface area contributed by atoms with E-state index in [9.17, 15) is 18.3 Å². The Morgan fingerprint density at radius 2 is 1.88 bits per heavy atom. The summed E-state index contributed by atoms with van der Waals surface area (Å²) in [6, 6.07) is 17.1. The van der Waals surface area contributed by atoms with Crippen LogP contribution in [-0.4, -0.2) is 17.4 Å². The number of halogens is 4. The number of hydrogen-bond donors (Lipinski definition) is 2. The van der Waals surface area contributed by atoms with Gasteiger partial charge in [0.15, 0.2) is 6.10 Å². The third-order valence-corrected chi connectivity index (χ3v) is 6.22. The van der Waals surface area contributed by atoms with E-state index < -0.39 is 17.9 Å². The van der Waals surface area contributed by atoms with Crippen LogP contribution in [0.15, 0.2) is 95.0 Å². The van der Waals surface area contributed by atoms with Crippen molar-refractivity contribution < 1.29 is 23.0 Å². The van der Waals surface area contributed by atoms with Crippen LogP contribution in [0.3, 0.4) is 0 Å². The summed E-state index contributed by atoms with van der Waals surface area (Å²) in [5.74, 6) is 0.612. The Morgan fingerprint density at radius 3 is 2.52 bits per heavy atom. The molecule has 0 radical (unpaired) electrons. The number of allylic oxidation sites excluding steroid dienone is 2. The van der Waals surface area contributed by atoms with Crippen LogP contribution >= 0.6 is 27.3 Å². The molecule has 1 aromatic heterocycles. The highest BCUT2D eigenvalue weighted by Gasteiger charge is 2.39. The van der Waals surface area contributed by atoms with Crippen molar-refractivity contribution in [3.05, 3.63) is 105 Å². The highest BCUT2D eigenvalue weighted by atomic mass is 79.9. The van der Waals surface area contributed by atoms with Gasteiger partial charge in [0.05, 0.1) is 0 Å². The summed E-state index contributed by atoms with van der Waals surface area (Å²) in [5.41, 5.74) is 8.21. The zero-order chi connectivity index (χ0) is 24.0. The molecule has 0 spiro atoms. The van der Waals surface area contributed by atoms with Gasteiger partial charge in [-0.25, -0.2) is 0 Å². The fourth-order valence-electron chi connectivity index (χ4n) is 3.13. The topological polar surface area (TPSA) is 55.5 Å². The van der Waals surface area contributed by atoms with Crippen molar-refractivity contribution >= 4 is 32.8 Å². The third kappa shape index (κ3) is 6.16. The zero-order valence-corrected chi connectivity index (χ0v) is 19.8. The van der Waals surface area contributed by atoms with Gasteiger partial charge in [-0.1, -0.05) is 58.9 Å². The lowest BCUT2D eigenvalue weighted by atomic mass is 9.99. The smallest absolute Gasteiger partial charge is 0.418 e. The van der Waals surface area contributed by atoms with E-state index in [0.717, 1.165) is 27.2 Å². The molecule has 0 bridgehead atoms. The van der Waals surface area contributed by atoms with E-state index in [1.807, 2.05) is 60.0 Å². The number of ether oxygens (including phenoxy) is 1. The number of alkyl halides is 3. The third-order valence-electron chi connectivity index (χ3n) is 4.76. The van der Waals surface area contributed by atoms with E-state index in [-0.39, 0.29) is 0 Å². The standard InChI is InChI=1S/C25H21BrF3NO2S/c1-2-17(24(31)25(27,28)29)12-18(14-30)23-20(10-11-33-23)21-13-19(26)8-9-22(21)32-15-16-6-4-3-5-7-16/h2-14,24,31H,1,15,30H2. The van der Waals surface area contributed by atoms with Crippen molar-refractivity contribution in [2.24, 2.45) is 5.73 Å². The van der Waals surface area contributed by atoms with Gasteiger partial charge in [-0.05, 0) is 46.9 Å². The molecule has 0 saturated heterocycles. The van der Waals surface area contributed by atoms with Crippen LogP contribution in [-0.2, 0) is 6.61 Å². The maximum absolute atomic E-state index is 13.0. The number of rotatable bonds is 8. The second kappa shape index (κ2) is 10.9. The zero-order valence-electron chi connectivity index (χ0n) is 17.4. The molecule has 33 heavy (non-hydrogen) atoms. The second-order valence-electron chi connectivity index (χ2n) is 6.99. The molecule has 0 aliphatic heterocycles. The largest absolute Gasteiger partial charge is 0.488 e. The van der Waals surface area contributed by atoms with E-state index in [0.29, 0.717) is 22.8 Å². The van der Waals surface area contributed by atoms with Crippen LogP contribution in [0.2, 0.25) is 0 Å². The minimum Gasteiger partial charge on any atom is -0.488 e. The molecule has 0 aliphatic rings. The summed E-state index contributed by atoms with van der Waals surface area (Å²) in [6.45, 7) is 3.76. The number of nitrogens with two attached hydrogens (primary N) is 1. The lowest BCUT2D eigenvalue weighted by Gasteiger charge is -2.17. The quantitative estimate of drug-likeness (QED) is 0.302. The predicted octanol–water partition coefficient (Wildman–Crippen LogP) is 7.09. The molecule has 3 rings (SSSR count). The Balaban J connectivity index is 2.00. The first-order chi connectivity index (χ1) is 15.7. The number of aliphatic hydroxyl groups is 1. The van der Waals surface area contributed by atoms with Crippen LogP contribution < -0.4 is 10.5 Å². The van der Waals surface area contributed by atoms with Gasteiger partial charge in [0.2, 0.25) is 0 Å². The van der Waals surface area contributed by atoms with Crippen molar-refractivity contribution in [3.63, 3.8) is 0 Å². The van der Waals surface area contributed by atoms with Crippen molar-refractivity contribution in [1.29, 1.82) is 0 Å². The molecular formula is C25H21BrF3NO2S. The van der Waals surface area contributed by atoms with E-state index in [1.165, 1.54) is 23.6 Å². The van der Waals surface area contributed by atoms with Gasteiger partial charge in [-0.3, -0.25) is 0 Å². The maximum atomic E-state index is 13.0. The Morgan fingerprint density at radius 1 is 1.15 bits per heavy atom. The van der Waals surface area contributed by atoms with Gasteiger partial charge in [0, 0.05) is 32.2 Å². The van der Waals surface area contributed by atoms with E-state index in [4.69, 9.17) is 10.5 Å². The molecule has 3 aromatic rings. The van der Waals surface area contributed by atoms with Gasteiger partial charge in [-0.2, -0.15) is 13.2 Å². The molecule has 1 atom stereocenters. The average Bonchev–Trinajstić information content (AvgIpc) is 3.28. The molecule has 0 aliphatic carbocycles. The molecule has 0 fully saturated rings. The fraction of sp³-hybridized carbons (Fsp3) is 0.120. The first-order valence-corrected chi connectivity index (χ1v) is 11.5. The molecule has 8 heteroatoms. The van der Waals surface area contributed by atoms with Crippen LogP contribution in [0.5, 0.6) is 5.75 Å². The van der Waals surface area contributed by atoms with Crippen molar-refractivity contribution in [2.45, 2.75) is 18.9 Å². The molecule has 1 unspecified atom stereocenters. The Labute approximate surface area is 202 Å². The normalized spacial score (nSPS) is 13.6. The first kappa shape index (κ1) is 24.8. The van der Waals surface area contributed by atoms with E-state index in [1.54, 1.807) is 0 Å². The van der Waals surface area contributed by atoms with Gasteiger partial charge in [0.25, 0.3) is 0 Å². The van der Waals surface area contributed by atoms with Crippen molar-refractivity contribution in [3.8, 4) is 16.9 Å². The number of benzene rings is 2.